The molecule has 1 aromatic carbocycles. The Morgan fingerprint density at radius 1 is 1.32 bits per heavy atom. The van der Waals surface area contributed by atoms with E-state index in [1.54, 1.807) is 12.1 Å². The zero-order valence-corrected chi connectivity index (χ0v) is 14.8. The molecule has 2 N–H and O–H groups in total. The van der Waals surface area contributed by atoms with Crippen LogP contribution in [0.25, 0.3) is 0 Å². The quantitative estimate of drug-likeness (QED) is 0.907. The molecule has 134 valence electrons. The van der Waals surface area contributed by atoms with Crippen LogP contribution in [0.5, 0.6) is 0 Å². The molecule has 0 bridgehead atoms. The predicted molar refractivity (Wildman–Crippen MR) is 94.4 cm³/mol. The zero-order chi connectivity index (χ0) is 18.0. The minimum Gasteiger partial charge on any atom is -0.368 e. The van der Waals surface area contributed by atoms with E-state index >= 15 is 0 Å². The second-order valence-electron chi connectivity index (χ2n) is 6.85. The highest BCUT2D eigenvalue weighted by Gasteiger charge is 2.33. The maximum absolute atomic E-state index is 13.3. The third-order valence-electron chi connectivity index (χ3n) is 4.95. The van der Waals surface area contributed by atoms with Crippen LogP contribution in [0.15, 0.2) is 30.3 Å². The first-order chi connectivity index (χ1) is 12.0. The lowest BCUT2D eigenvalue weighted by Gasteiger charge is -2.40. The van der Waals surface area contributed by atoms with Gasteiger partial charge < -0.3 is 5.73 Å². The van der Waals surface area contributed by atoms with Gasteiger partial charge in [0.2, 0.25) is 5.91 Å². The average molecular weight is 344 g/mol. The summed E-state index contributed by atoms with van der Waals surface area (Å²) in [5, 5.41) is 4.55. The van der Waals surface area contributed by atoms with E-state index in [0.29, 0.717) is 0 Å². The maximum atomic E-state index is 13.3. The number of hydrogen-bond acceptors (Lipinski definition) is 3. The summed E-state index contributed by atoms with van der Waals surface area (Å²) in [6.45, 7) is 5.55. The van der Waals surface area contributed by atoms with Crippen molar-refractivity contribution in [3.8, 4) is 0 Å². The average Bonchev–Trinajstić information content (AvgIpc) is 2.88. The largest absolute Gasteiger partial charge is 0.368 e. The van der Waals surface area contributed by atoms with E-state index in [0.717, 1.165) is 49.3 Å². The Bertz CT molecular complexity index is 740. The fourth-order valence-electron chi connectivity index (χ4n) is 3.78. The fourth-order valence-corrected chi connectivity index (χ4v) is 3.78. The van der Waals surface area contributed by atoms with Crippen molar-refractivity contribution in [3.63, 3.8) is 0 Å². The van der Waals surface area contributed by atoms with Gasteiger partial charge in [-0.25, -0.2) is 4.39 Å². The van der Waals surface area contributed by atoms with Crippen molar-refractivity contribution in [2.75, 3.05) is 6.54 Å². The maximum Gasteiger partial charge on any atom is 0.239 e. The number of rotatable bonds is 5. The number of aryl methyl sites for hydroxylation is 2. The summed E-state index contributed by atoms with van der Waals surface area (Å²) in [4.78, 5) is 14.4. The van der Waals surface area contributed by atoms with Crippen LogP contribution in [0.3, 0.4) is 0 Å². The summed E-state index contributed by atoms with van der Waals surface area (Å²) >= 11 is 0. The number of nitrogens with two attached hydrogens (primary N) is 1. The summed E-state index contributed by atoms with van der Waals surface area (Å²) in [6, 6.07) is 7.76. The van der Waals surface area contributed by atoms with Gasteiger partial charge >= 0.3 is 0 Å². The number of likely N-dealkylation sites (tertiary alicyclic amines) is 1. The molecule has 2 heterocycles. The first-order valence-electron chi connectivity index (χ1n) is 8.77. The van der Waals surface area contributed by atoms with Crippen LogP contribution in [0.4, 0.5) is 4.39 Å². The molecule has 1 saturated heterocycles. The van der Waals surface area contributed by atoms with Crippen LogP contribution in [-0.2, 0) is 11.3 Å². The number of carbonyl (C=O) groups excluding carboxylic acids is 1. The molecule has 25 heavy (non-hydrogen) atoms. The van der Waals surface area contributed by atoms with Crippen molar-refractivity contribution in [2.24, 2.45) is 5.73 Å². The minimum atomic E-state index is -0.539. The van der Waals surface area contributed by atoms with E-state index in [2.05, 4.69) is 16.1 Å². The normalized spacial score (nSPS) is 19.7. The second kappa shape index (κ2) is 7.35. The summed E-state index contributed by atoms with van der Waals surface area (Å²) in [7, 11) is 0. The molecular formula is C19H25FN4O. The van der Waals surface area contributed by atoms with Gasteiger partial charge in [0.15, 0.2) is 0 Å². The van der Waals surface area contributed by atoms with Gasteiger partial charge in [0.25, 0.3) is 0 Å². The first kappa shape index (κ1) is 17.6. The lowest BCUT2D eigenvalue weighted by Crippen LogP contribution is -2.48. The number of aromatic nitrogens is 2. The van der Waals surface area contributed by atoms with Crippen molar-refractivity contribution >= 4 is 5.91 Å². The fraction of sp³-hybridized carbons (Fsp3) is 0.474. The van der Waals surface area contributed by atoms with E-state index in [4.69, 9.17) is 5.73 Å². The smallest absolute Gasteiger partial charge is 0.239 e. The Labute approximate surface area is 147 Å². The minimum absolute atomic E-state index is 0.175. The summed E-state index contributed by atoms with van der Waals surface area (Å²) in [5.74, 6) is -0.711. The number of benzene rings is 1. The number of halogens is 1. The van der Waals surface area contributed by atoms with Crippen LogP contribution in [0.1, 0.15) is 42.3 Å². The number of amides is 1. The van der Waals surface area contributed by atoms with Gasteiger partial charge in [-0.05, 0) is 57.0 Å². The first-order valence-corrected chi connectivity index (χ1v) is 8.77. The number of piperidine rings is 1. The molecule has 6 heteroatoms. The van der Waals surface area contributed by atoms with E-state index in [9.17, 15) is 9.18 Å². The van der Waals surface area contributed by atoms with Crippen LogP contribution in [0.2, 0.25) is 0 Å². The highest BCUT2D eigenvalue weighted by atomic mass is 19.1. The molecule has 0 saturated carbocycles. The van der Waals surface area contributed by atoms with Gasteiger partial charge in [0.05, 0.1) is 12.2 Å². The monoisotopic (exact) mass is 344 g/mol. The molecule has 1 aromatic heterocycles. The molecule has 3 rings (SSSR count). The van der Waals surface area contributed by atoms with Crippen LogP contribution in [-0.4, -0.2) is 33.2 Å². The van der Waals surface area contributed by atoms with Crippen molar-refractivity contribution in [1.29, 1.82) is 0 Å². The van der Waals surface area contributed by atoms with Gasteiger partial charge in [-0.3, -0.25) is 14.4 Å². The van der Waals surface area contributed by atoms with Crippen LogP contribution < -0.4 is 5.73 Å². The summed E-state index contributed by atoms with van der Waals surface area (Å²) in [6.07, 6.45) is 3.14. The van der Waals surface area contributed by atoms with Gasteiger partial charge in [0, 0.05) is 11.7 Å². The van der Waals surface area contributed by atoms with Gasteiger partial charge in [0.1, 0.15) is 11.9 Å². The molecule has 2 aromatic rings. The molecule has 0 radical (unpaired) electrons. The summed E-state index contributed by atoms with van der Waals surface area (Å²) < 4.78 is 15.3. The number of nitrogens with zero attached hydrogens (tertiary/aromatic N) is 3. The van der Waals surface area contributed by atoms with E-state index in [1.165, 1.54) is 12.1 Å². The van der Waals surface area contributed by atoms with E-state index in [-0.39, 0.29) is 11.9 Å². The lowest BCUT2D eigenvalue weighted by atomic mass is 9.95. The topological polar surface area (TPSA) is 64.2 Å². The SMILES string of the molecule is Cc1cc(C)n(C[C@@H]2CCCCN2[C@H](C(N)=O)c2ccc(F)cc2)n1. The Morgan fingerprint density at radius 3 is 2.64 bits per heavy atom. The molecule has 0 unspecified atom stereocenters. The molecule has 1 aliphatic rings. The molecule has 5 nitrogen and oxygen atoms in total. The van der Waals surface area contributed by atoms with Crippen molar-refractivity contribution in [2.45, 2.75) is 51.7 Å². The van der Waals surface area contributed by atoms with E-state index in [1.807, 2.05) is 18.5 Å². The van der Waals surface area contributed by atoms with Gasteiger partial charge in [-0.2, -0.15) is 5.10 Å². The van der Waals surface area contributed by atoms with Gasteiger partial charge in [-0.1, -0.05) is 18.6 Å². The number of primary amides is 1. The van der Waals surface area contributed by atoms with Crippen LogP contribution >= 0.6 is 0 Å². The molecule has 0 spiro atoms. The second-order valence-corrected chi connectivity index (χ2v) is 6.85. The highest BCUT2D eigenvalue weighted by molar-refractivity contribution is 5.81. The van der Waals surface area contributed by atoms with Crippen LogP contribution in [0, 0.1) is 19.7 Å². The molecule has 1 fully saturated rings. The predicted octanol–water partition coefficient (Wildman–Crippen LogP) is 2.72. The Balaban J connectivity index is 1.88. The van der Waals surface area contributed by atoms with Crippen molar-refractivity contribution < 1.29 is 9.18 Å². The zero-order valence-electron chi connectivity index (χ0n) is 14.8. The standard InChI is InChI=1S/C19H25FN4O/c1-13-11-14(2)24(22-13)12-17-5-3-4-10-23(17)18(19(21)25)15-6-8-16(20)9-7-15/h6-9,11,17-18H,3-5,10,12H2,1-2H3,(H2,21,25)/t17-,18-/m0/s1. The molecule has 2 atom stereocenters. The Morgan fingerprint density at radius 2 is 2.04 bits per heavy atom. The highest BCUT2D eigenvalue weighted by Crippen LogP contribution is 2.30. The Hall–Kier alpha value is -2.21. The molecule has 1 amide bonds. The van der Waals surface area contributed by atoms with Gasteiger partial charge in [-0.15, -0.1) is 0 Å². The third kappa shape index (κ3) is 3.90. The molecular weight excluding hydrogens is 319 g/mol. The lowest BCUT2D eigenvalue weighted by molar-refractivity contribution is -0.125. The Kier molecular flexibility index (Phi) is 5.18. The van der Waals surface area contributed by atoms with Crippen molar-refractivity contribution in [1.82, 2.24) is 14.7 Å². The van der Waals surface area contributed by atoms with Crippen molar-refractivity contribution in [3.05, 3.63) is 53.1 Å². The third-order valence-corrected chi connectivity index (χ3v) is 4.95. The summed E-state index contributed by atoms with van der Waals surface area (Å²) in [5.41, 5.74) is 8.58. The number of hydrogen-bond donors (Lipinski definition) is 1. The molecule has 0 aliphatic carbocycles. The number of carbonyl (C=O) groups is 1. The molecule has 1 aliphatic heterocycles. The van der Waals surface area contributed by atoms with E-state index < -0.39 is 11.9 Å².